The minimum absolute atomic E-state index is 0. The van der Waals surface area contributed by atoms with Crippen molar-refractivity contribution in [3.8, 4) is 0 Å². The molecule has 4 amide bonds. The van der Waals surface area contributed by atoms with Gasteiger partial charge in [-0.25, -0.2) is 4.79 Å². The second-order valence-electron chi connectivity index (χ2n) is 6.24. The average Bonchev–Trinajstić information content (AvgIpc) is 3.20. The summed E-state index contributed by atoms with van der Waals surface area (Å²) in [6.45, 7) is 2.96. The van der Waals surface area contributed by atoms with Crippen molar-refractivity contribution in [2.45, 2.75) is 19.4 Å². The first-order valence-electron chi connectivity index (χ1n) is 8.29. The molecule has 2 fully saturated rings. The molecule has 25 heavy (non-hydrogen) atoms. The van der Waals surface area contributed by atoms with Crippen LogP contribution < -0.4 is 16.0 Å². The third-order valence-corrected chi connectivity index (χ3v) is 4.47. The van der Waals surface area contributed by atoms with E-state index < -0.39 is 0 Å². The van der Waals surface area contributed by atoms with Crippen LogP contribution in [0.15, 0.2) is 24.3 Å². The fourth-order valence-corrected chi connectivity index (χ4v) is 3.06. The first kappa shape index (κ1) is 19.2. The Bertz CT molecular complexity index is 631. The van der Waals surface area contributed by atoms with Gasteiger partial charge in [0.2, 0.25) is 5.91 Å². The highest BCUT2D eigenvalue weighted by Gasteiger charge is 2.28. The number of rotatable bonds is 6. The Labute approximate surface area is 152 Å². The lowest BCUT2D eigenvalue weighted by molar-refractivity contribution is -0.125. The third-order valence-electron chi connectivity index (χ3n) is 4.47. The fraction of sp³-hybridized carbons (Fsp3) is 0.471. The van der Waals surface area contributed by atoms with E-state index in [1.54, 1.807) is 24.3 Å². The molecule has 0 aliphatic carbocycles. The van der Waals surface area contributed by atoms with Crippen molar-refractivity contribution in [2.24, 2.45) is 5.92 Å². The topological polar surface area (TPSA) is 90.5 Å². The molecule has 1 unspecified atom stereocenters. The van der Waals surface area contributed by atoms with Crippen LogP contribution in [0.5, 0.6) is 0 Å². The first-order valence-corrected chi connectivity index (χ1v) is 8.29. The number of hydrogen-bond acceptors (Lipinski definition) is 4. The van der Waals surface area contributed by atoms with E-state index in [4.69, 9.17) is 0 Å². The monoisotopic (exact) mass is 366 g/mol. The van der Waals surface area contributed by atoms with E-state index in [0.717, 1.165) is 36.4 Å². The number of hydrogen-bond donors (Lipinski definition) is 3. The van der Waals surface area contributed by atoms with E-state index in [9.17, 15) is 14.4 Å². The maximum Gasteiger partial charge on any atom is 0.324 e. The van der Waals surface area contributed by atoms with Gasteiger partial charge in [-0.05, 0) is 49.5 Å². The van der Waals surface area contributed by atoms with Gasteiger partial charge in [0, 0.05) is 12.1 Å². The molecule has 1 aromatic rings. The van der Waals surface area contributed by atoms with Crippen LogP contribution in [-0.4, -0.2) is 48.9 Å². The standard InChI is InChI=1S/C17H22N4O3.ClH/c22-15-10-20-17(24)21(15)11-13-2-1-3-14(8-13)16(23)19-7-5-12-4-6-18-9-12;/h1-3,8,12,18H,4-7,9-11H2,(H,19,23)(H,20,24);1H. The Morgan fingerprint density at radius 2 is 2.16 bits per heavy atom. The van der Waals surface area contributed by atoms with Gasteiger partial charge in [0.15, 0.2) is 0 Å². The number of urea groups is 1. The number of nitrogens with zero attached hydrogens (tertiary/aromatic N) is 1. The van der Waals surface area contributed by atoms with Gasteiger partial charge in [-0.3, -0.25) is 14.5 Å². The summed E-state index contributed by atoms with van der Waals surface area (Å²) in [7, 11) is 0. The lowest BCUT2D eigenvalue weighted by Gasteiger charge is -2.13. The van der Waals surface area contributed by atoms with E-state index in [-0.39, 0.29) is 43.3 Å². The Hall–Kier alpha value is -2.12. The number of benzene rings is 1. The smallest absolute Gasteiger partial charge is 0.324 e. The molecule has 0 bridgehead atoms. The van der Waals surface area contributed by atoms with Crippen molar-refractivity contribution in [3.63, 3.8) is 0 Å². The van der Waals surface area contributed by atoms with Crippen LogP contribution in [-0.2, 0) is 11.3 Å². The van der Waals surface area contributed by atoms with Crippen molar-refractivity contribution >= 4 is 30.3 Å². The molecule has 3 N–H and O–H groups in total. The maximum atomic E-state index is 12.2. The molecule has 0 saturated carbocycles. The molecular weight excluding hydrogens is 344 g/mol. The number of carbonyl (C=O) groups excluding carboxylic acids is 3. The molecule has 0 spiro atoms. The van der Waals surface area contributed by atoms with Crippen LogP contribution in [0.4, 0.5) is 4.79 Å². The van der Waals surface area contributed by atoms with E-state index in [1.165, 1.54) is 0 Å². The minimum atomic E-state index is -0.389. The molecule has 0 aromatic heterocycles. The second-order valence-corrected chi connectivity index (χ2v) is 6.24. The highest BCUT2D eigenvalue weighted by atomic mass is 35.5. The number of carbonyl (C=O) groups is 3. The second kappa shape index (κ2) is 8.82. The van der Waals surface area contributed by atoms with E-state index in [1.807, 2.05) is 0 Å². The number of amides is 4. The summed E-state index contributed by atoms with van der Waals surface area (Å²) < 4.78 is 0. The van der Waals surface area contributed by atoms with Crippen molar-refractivity contribution in [2.75, 3.05) is 26.2 Å². The highest BCUT2D eigenvalue weighted by molar-refractivity contribution is 6.02. The van der Waals surface area contributed by atoms with Crippen LogP contribution >= 0.6 is 12.4 Å². The summed E-state index contributed by atoms with van der Waals surface area (Å²) in [6, 6.07) is 6.65. The summed E-state index contributed by atoms with van der Waals surface area (Å²) >= 11 is 0. The van der Waals surface area contributed by atoms with E-state index in [0.29, 0.717) is 18.0 Å². The van der Waals surface area contributed by atoms with Crippen LogP contribution in [0.2, 0.25) is 0 Å². The van der Waals surface area contributed by atoms with Crippen LogP contribution in [0.3, 0.4) is 0 Å². The Morgan fingerprint density at radius 3 is 2.84 bits per heavy atom. The van der Waals surface area contributed by atoms with Crippen LogP contribution in [0.25, 0.3) is 0 Å². The maximum absolute atomic E-state index is 12.2. The van der Waals surface area contributed by atoms with E-state index >= 15 is 0 Å². The molecule has 2 aliphatic heterocycles. The largest absolute Gasteiger partial charge is 0.352 e. The SMILES string of the molecule is Cl.O=C(NCCC1CCNC1)c1cccc(CN2C(=O)CNC2=O)c1. The summed E-state index contributed by atoms with van der Waals surface area (Å²) in [6.07, 6.45) is 2.14. The molecule has 2 aliphatic rings. The predicted molar refractivity (Wildman–Crippen MR) is 95.6 cm³/mol. The zero-order valence-corrected chi connectivity index (χ0v) is 14.7. The van der Waals surface area contributed by atoms with Gasteiger partial charge >= 0.3 is 6.03 Å². The Morgan fingerprint density at radius 1 is 1.32 bits per heavy atom. The van der Waals surface area contributed by atoms with Gasteiger partial charge in [-0.2, -0.15) is 0 Å². The molecule has 7 nitrogen and oxygen atoms in total. The van der Waals surface area contributed by atoms with E-state index in [2.05, 4.69) is 16.0 Å². The molecule has 8 heteroatoms. The van der Waals surface area contributed by atoms with Gasteiger partial charge in [-0.15, -0.1) is 12.4 Å². The Kier molecular flexibility index (Phi) is 6.78. The molecule has 0 radical (unpaired) electrons. The normalized spacial score (nSPS) is 19.5. The zero-order chi connectivity index (χ0) is 16.9. The molecule has 136 valence electrons. The third kappa shape index (κ3) is 4.93. The van der Waals surface area contributed by atoms with Gasteiger partial charge in [0.1, 0.15) is 0 Å². The molecule has 2 heterocycles. The van der Waals surface area contributed by atoms with Gasteiger partial charge in [0.25, 0.3) is 5.91 Å². The van der Waals surface area contributed by atoms with Crippen molar-refractivity contribution in [3.05, 3.63) is 35.4 Å². The number of halogens is 1. The van der Waals surface area contributed by atoms with Crippen molar-refractivity contribution in [1.29, 1.82) is 0 Å². The van der Waals surface area contributed by atoms with Crippen molar-refractivity contribution in [1.82, 2.24) is 20.9 Å². The van der Waals surface area contributed by atoms with Gasteiger partial charge in [0.05, 0.1) is 13.1 Å². The lowest BCUT2D eigenvalue weighted by Crippen LogP contribution is -2.30. The van der Waals surface area contributed by atoms with Gasteiger partial charge in [-0.1, -0.05) is 12.1 Å². The predicted octanol–water partition coefficient (Wildman–Crippen LogP) is 0.890. The van der Waals surface area contributed by atoms with Crippen LogP contribution in [0.1, 0.15) is 28.8 Å². The summed E-state index contributed by atoms with van der Waals surface area (Å²) in [5.74, 6) is 0.261. The summed E-state index contributed by atoms with van der Waals surface area (Å²) in [5.41, 5.74) is 1.30. The summed E-state index contributed by atoms with van der Waals surface area (Å²) in [4.78, 5) is 36.6. The summed E-state index contributed by atoms with van der Waals surface area (Å²) in [5, 5.41) is 8.74. The van der Waals surface area contributed by atoms with Crippen LogP contribution in [0, 0.1) is 5.92 Å². The zero-order valence-electron chi connectivity index (χ0n) is 13.9. The highest BCUT2D eigenvalue weighted by Crippen LogP contribution is 2.13. The number of nitrogens with one attached hydrogen (secondary N) is 3. The minimum Gasteiger partial charge on any atom is -0.352 e. The first-order chi connectivity index (χ1) is 11.6. The molecule has 2 saturated heterocycles. The lowest BCUT2D eigenvalue weighted by atomic mass is 10.1. The molecule has 1 aromatic carbocycles. The molecular formula is C17H23ClN4O3. The number of imide groups is 1. The van der Waals surface area contributed by atoms with Gasteiger partial charge < -0.3 is 16.0 Å². The molecule has 3 rings (SSSR count). The average molecular weight is 367 g/mol. The van der Waals surface area contributed by atoms with Crippen molar-refractivity contribution < 1.29 is 14.4 Å². The fourth-order valence-electron chi connectivity index (χ4n) is 3.06. The quantitative estimate of drug-likeness (QED) is 0.652. The molecule has 1 atom stereocenters. The Balaban J connectivity index is 0.00000225.